The largest absolute Gasteiger partial charge is 0.159 e. The van der Waals surface area contributed by atoms with Crippen LogP contribution in [0.15, 0.2) is 18.3 Å². The normalized spacial score (nSPS) is 11.7. The van der Waals surface area contributed by atoms with Gasteiger partial charge in [0.1, 0.15) is 0 Å². The quantitative estimate of drug-likeness (QED) is 0.472. The fraction of sp³-hybridized carbons (Fsp3) is 0.700. The molecule has 0 radical (unpaired) electrons. The predicted molar refractivity (Wildman–Crippen MR) is 98.0 cm³/mol. The molecule has 0 atom stereocenters. The Labute approximate surface area is 141 Å². The summed E-state index contributed by atoms with van der Waals surface area (Å²) in [5.41, 5.74) is 3.83. The maximum absolute atomic E-state index is 4.63. The average Bonchev–Trinajstić information content (AvgIpc) is 2.89. The van der Waals surface area contributed by atoms with E-state index in [-0.39, 0.29) is 0 Å². The molecule has 0 aliphatic heterocycles. The van der Waals surface area contributed by atoms with Crippen molar-refractivity contribution in [2.45, 2.75) is 90.9 Å². The van der Waals surface area contributed by atoms with Crippen LogP contribution in [-0.4, -0.2) is 14.8 Å². The van der Waals surface area contributed by atoms with Crippen molar-refractivity contribution in [2.75, 3.05) is 0 Å². The summed E-state index contributed by atoms with van der Waals surface area (Å²) in [5, 5.41) is 9.00. The van der Waals surface area contributed by atoms with Crippen LogP contribution in [0.1, 0.15) is 95.2 Å². The lowest BCUT2D eigenvalue weighted by molar-refractivity contribution is 0.497. The van der Waals surface area contributed by atoms with Crippen LogP contribution in [-0.2, 0) is 0 Å². The SMILES string of the molecule is CCCCCCC(CCCCCC)c1c(C)nn2ncccc12. The first-order valence-corrected chi connectivity index (χ1v) is 9.58. The van der Waals surface area contributed by atoms with E-state index in [9.17, 15) is 0 Å². The van der Waals surface area contributed by atoms with Crippen molar-refractivity contribution in [3.8, 4) is 0 Å². The molecule has 0 N–H and O–H groups in total. The molecule has 0 spiro atoms. The minimum atomic E-state index is 0.644. The van der Waals surface area contributed by atoms with Crippen molar-refractivity contribution in [1.82, 2.24) is 14.8 Å². The second kappa shape index (κ2) is 9.69. The molecule has 2 rings (SSSR count). The van der Waals surface area contributed by atoms with Crippen LogP contribution < -0.4 is 0 Å². The van der Waals surface area contributed by atoms with Crippen LogP contribution in [0.2, 0.25) is 0 Å². The first-order valence-electron chi connectivity index (χ1n) is 9.58. The van der Waals surface area contributed by atoms with E-state index in [2.05, 4.69) is 37.0 Å². The molecule has 23 heavy (non-hydrogen) atoms. The molecule has 0 aromatic carbocycles. The van der Waals surface area contributed by atoms with Gasteiger partial charge in [-0.05, 0) is 37.8 Å². The highest BCUT2D eigenvalue weighted by molar-refractivity contribution is 5.57. The van der Waals surface area contributed by atoms with Crippen molar-refractivity contribution in [3.63, 3.8) is 0 Å². The molecule has 0 aliphatic carbocycles. The molecular formula is C20H33N3. The molecule has 0 aliphatic rings. The summed E-state index contributed by atoms with van der Waals surface area (Å²) in [5.74, 6) is 0.644. The minimum absolute atomic E-state index is 0.644. The lowest BCUT2D eigenvalue weighted by atomic mass is 9.87. The van der Waals surface area contributed by atoms with E-state index < -0.39 is 0 Å². The van der Waals surface area contributed by atoms with Crippen molar-refractivity contribution >= 4 is 5.52 Å². The zero-order valence-electron chi connectivity index (χ0n) is 15.2. The fourth-order valence-electron chi connectivity index (χ4n) is 3.60. The summed E-state index contributed by atoms with van der Waals surface area (Å²) in [6.45, 7) is 6.71. The molecule has 0 saturated carbocycles. The lowest BCUT2D eigenvalue weighted by Crippen LogP contribution is -2.02. The third-order valence-corrected chi connectivity index (χ3v) is 4.86. The zero-order chi connectivity index (χ0) is 16.5. The Morgan fingerprint density at radius 2 is 1.61 bits per heavy atom. The molecule has 0 unspecified atom stereocenters. The van der Waals surface area contributed by atoms with Gasteiger partial charge in [0.05, 0.1) is 11.2 Å². The number of aromatic nitrogens is 3. The molecule has 2 aromatic heterocycles. The first-order chi connectivity index (χ1) is 11.3. The maximum atomic E-state index is 4.63. The zero-order valence-corrected chi connectivity index (χ0v) is 15.2. The summed E-state index contributed by atoms with van der Waals surface area (Å²) >= 11 is 0. The molecule has 3 heteroatoms. The van der Waals surface area contributed by atoms with Gasteiger partial charge in [0.25, 0.3) is 0 Å². The number of fused-ring (bicyclic) bond motifs is 1. The van der Waals surface area contributed by atoms with Gasteiger partial charge >= 0.3 is 0 Å². The average molecular weight is 316 g/mol. The molecule has 128 valence electrons. The highest BCUT2D eigenvalue weighted by Crippen LogP contribution is 2.33. The van der Waals surface area contributed by atoms with Crippen LogP contribution >= 0.6 is 0 Å². The maximum Gasteiger partial charge on any atom is 0.0910 e. The van der Waals surface area contributed by atoms with Crippen molar-refractivity contribution in [3.05, 3.63) is 29.6 Å². The molecule has 0 saturated heterocycles. The van der Waals surface area contributed by atoms with Gasteiger partial charge in [-0.15, -0.1) is 0 Å². The fourth-order valence-corrected chi connectivity index (χ4v) is 3.60. The van der Waals surface area contributed by atoms with Crippen LogP contribution in [0.4, 0.5) is 0 Å². The molecule has 0 amide bonds. The van der Waals surface area contributed by atoms with E-state index in [1.54, 1.807) is 0 Å². The van der Waals surface area contributed by atoms with E-state index in [0.29, 0.717) is 5.92 Å². The number of unbranched alkanes of at least 4 members (excludes halogenated alkanes) is 6. The molecule has 2 heterocycles. The van der Waals surface area contributed by atoms with Gasteiger partial charge in [-0.3, -0.25) is 0 Å². The Morgan fingerprint density at radius 1 is 0.957 bits per heavy atom. The third-order valence-electron chi connectivity index (χ3n) is 4.86. The molecular weight excluding hydrogens is 282 g/mol. The summed E-state index contributed by atoms with van der Waals surface area (Å²) < 4.78 is 1.82. The van der Waals surface area contributed by atoms with E-state index in [4.69, 9.17) is 0 Å². The summed E-state index contributed by atoms with van der Waals surface area (Å²) in [4.78, 5) is 0. The highest BCUT2D eigenvalue weighted by atomic mass is 15.4. The van der Waals surface area contributed by atoms with Crippen molar-refractivity contribution in [1.29, 1.82) is 0 Å². The standard InChI is InChI=1S/C20H33N3/c1-4-6-8-10-13-18(14-11-9-7-5-2)20-17(3)22-23-19(20)15-12-16-21-23/h12,15-16,18H,4-11,13-14H2,1-3H3. The van der Waals surface area contributed by atoms with Crippen LogP contribution in [0.5, 0.6) is 0 Å². The highest BCUT2D eigenvalue weighted by Gasteiger charge is 2.19. The number of aryl methyl sites for hydroxylation is 1. The summed E-state index contributed by atoms with van der Waals surface area (Å²) in [7, 11) is 0. The molecule has 0 fully saturated rings. The van der Waals surface area contributed by atoms with Gasteiger partial charge in [0.2, 0.25) is 0 Å². The van der Waals surface area contributed by atoms with Crippen molar-refractivity contribution < 1.29 is 0 Å². The van der Waals surface area contributed by atoms with Gasteiger partial charge in [-0.1, -0.05) is 65.2 Å². The molecule has 3 nitrogen and oxygen atoms in total. The van der Waals surface area contributed by atoms with Gasteiger partial charge in [0.15, 0.2) is 0 Å². The Morgan fingerprint density at radius 3 is 2.22 bits per heavy atom. The minimum Gasteiger partial charge on any atom is -0.159 e. The number of hydrogen-bond acceptors (Lipinski definition) is 2. The Balaban J connectivity index is 2.11. The van der Waals surface area contributed by atoms with Gasteiger partial charge in [0, 0.05) is 11.8 Å². The Bertz CT molecular complexity index is 561. The van der Waals surface area contributed by atoms with E-state index in [1.807, 2.05) is 16.9 Å². The lowest BCUT2D eigenvalue weighted by Gasteiger charge is -2.17. The smallest absolute Gasteiger partial charge is 0.0910 e. The summed E-state index contributed by atoms with van der Waals surface area (Å²) in [6, 6.07) is 4.21. The molecule has 2 aromatic rings. The van der Waals surface area contributed by atoms with Crippen LogP contribution in [0, 0.1) is 6.92 Å². The second-order valence-corrected chi connectivity index (χ2v) is 6.79. The summed E-state index contributed by atoms with van der Waals surface area (Å²) in [6.07, 6.45) is 15.1. The van der Waals surface area contributed by atoms with E-state index in [1.165, 1.54) is 81.0 Å². The second-order valence-electron chi connectivity index (χ2n) is 6.79. The van der Waals surface area contributed by atoms with Crippen molar-refractivity contribution in [2.24, 2.45) is 0 Å². The predicted octanol–water partition coefficient (Wildman–Crippen LogP) is 6.06. The monoisotopic (exact) mass is 315 g/mol. The first kappa shape index (κ1) is 18.0. The van der Waals surface area contributed by atoms with Gasteiger partial charge in [-0.25, -0.2) is 0 Å². The molecule has 0 bridgehead atoms. The van der Waals surface area contributed by atoms with Crippen LogP contribution in [0.25, 0.3) is 5.52 Å². The van der Waals surface area contributed by atoms with E-state index in [0.717, 1.165) is 0 Å². The number of rotatable bonds is 11. The van der Waals surface area contributed by atoms with E-state index >= 15 is 0 Å². The third kappa shape index (κ3) is 5.05. The topological polar surface area (TPSA) is 30.2 Å². The number of hydrogen-bond donors (Lipinski definition) is 0. The Kier molecular flexibility index (Phi) is 7.57. The van der Waals surface area contributed by atoms with Crippen LogP contribution in [0.3, 0.4) is 0 Å². The Hall–Kier alpha value is -1.38. The number of nitrogens with zero attached hydrogens (tertiary/aromatic N) is 3. The van der Waals surface area contributed by atoms with Gasteiger partial charge in [-0.2, -0.15) is 14.8 Å². The van der Waals surface area contributed by atoms with Gasteiger partial charge < -0.3 is 0 Å².